The van der Waals surface area contributed by atoms with Gasteiger partial charge in [0.15, 0.2) is 6.10 Å². The van der Waals surface area contributed by atoms with Crippen molar-refractivity contribution in [2.75, 3.05) is 7.11 Å². The van der Waals surface area contributed by atoms with E-state index in [0.29, 0.717) is 12.8 Å². The van der Waals surface area contributed by atoms with Gasteiger partial charge in [-0.3, -0.25) is 4.79 Å². The highest BCUT2D eigenvalue weighted by Gasteiger charge is 2.31. The predicted molar refractivity (Wildman–Crippen MR) is 79.9 cm³/mol. The van der Waals surface area contributed by atoms with E-state index >= 15 is 0 Å². The number of rotatable bonds is 7. The minimum atomic E-state index is -4.50. The lowest BCUT2D eigenvalue weighted by Gasteiger charge is -2.19. The van der Waals surface area contributed by atoms with Crippen molar-refractivity contribution in [3.8, 4) is 0 Å². The number of ether oxygens (including phenoxy) is 1. The van der Waals surface area contributed by atoms with E-state index in [-0.39, 0.29) is 5.56 Å². The van der Waals surface area contributed by atoms with E-state index in [9.17, 15) is 27.9 Å². The Labute approximate surface area is 137 Å². The van der Waals surface area contributed by atoms with Crippen molar-refractivity contribution >= 4 is 11.9 Å². The van der Waals surface area contributed by atoms with Crippen LogP contribution in [-0.4, -0.2) is 30.1 Å². The molecule has 0 saturated heterocycles. The van der Waals surface area contributed by atoms with Crippen molar-refractivity contribution in [3.63, 3.8) is 0 Å². The summed E-state index contributed by atoms with van der Waals surface area (Å²) in [6.07, 6.45) is -4.38. The van der Waals surface area contributed by atoms with E-state index in [2.05, 4.69) is 10.1 Å². The zero-order valence-electron chi connectivity index (χ0n) is 13.4. The lowest BCUT2D eigenvalue weighted by Crippen LogP contribution is -2.43. The summed E-state index contributed by atoms with van der Waals surface area (Å²) < 4.78 is 42.1. The maximum atomic E-state index is 12.5. The molecule has 5 nitrogen and oxygen atoms in total. The van der Waals surface area contributed by atoms with Crippen molar-refractivity contribution in [1.29, 1.82) is 0 Å². The Kier molecular flexibility index (Phi) is 7.21. The van der Waals surface area contributed by atoms with Crippen LogP contribution in [0.4, 0.5) is 13.2 Å². The van der Waals surface area contributed by atoms with Crippen LogP contribution in [0.2, 0.25) is 0 Å². The maximum Gasteiger partial charge on any atom is 0.416 e. The molecule has 8 heteroatoms. The number of unbranched alkanes of at least 4 members (excludes halogenated alkanes) is 1. The summed E-state index contributed by atoms with van der Waals surface area (Å²) in [6, 6.07) is 2.69. The van der Waals surface area contributed by atoms with E-state index in [1.807, 2.05) is 6.92 Å². The molecule has 0 aromatic heterocycles. The molecule has 0 spiro atoms. The summed E-state index contributed by atoms with van der Waals surface area (Å²) in [7, 11) is 1.18. The van der Waals surface area contributed by atoms with Crippen molar-refractivity contribution in [1.82, 2.24) is 5.32 Å². The second-order valence-corrected chi connectivity index (χ2v) is 5.25. The molecule has 24 heavy (non-hydrogen) atoms. The number of aliphatic hydroxyl groups is 1. The molecule has 134 valence electrons. The minimum absolute atomic E-state index is 0.000364. The Bertz CT molecular complexity index is 557. The standard InChI is InChI=1S/C16H20F3NO4/c1-3-4-5-12(15(23)24-2)20-14(22)13(21)10-6-8-11(9-7-10)16(17,18)19/h6-9,12-13,21H,3-5H2,1-2H3,(H,20,22)/t12-,13-/m1/s1. The van der Waals surface area contributed by atoms with Gasteiger partial charge in [-0.1, -0.05) is 31.9 Å². The molecule has 0 aliphatic carbocycles. The molecule has 1 amide bonds. The van der Waals surface area contributed by atoms with Crippen molar-refractivity contribution in [2.45, 2.75) is 44.5 Å². The summed E-state index contributed by atoms with van der Waals surface area (Å²) >= 11 is 0. The topological polar surface area (TPSA) is 75.6 Å². The molecule has 0 fully saturated rings. The quantitative estimate of drug-likeness (QED) is 0.744. The minimum Gasteiger partial charge on any atom is -0.467 e. The van der Waals surface area contributed by atoms with Crippen LogP contribution in [0, 0.1) is 0 Å². The van der Waals surface area contributed by atoms with Crippen LogP contribution in [0.3, 0.4) is 0 Å². The third-order valence-electron chi connectivity index (χ3n) is 3.45. The number of amides is 1. The van der Waals surface area contributed by atoms with E-state index in [4.69, 9.17) is 0 Å². The Morgan fingerprint density at radius 2 is 1.83 bits per heavy atom. The number of carbonyl (C=O) groups is 2. The third-order valence-corrected chi connectivity index (χ3v) is 3.45. The van der Waals surface area contributed by atoms with Crippen LogP contribution in [0.25, 0.3) is 0 Å². The molecule has 1 aromatic rings. The highest BCUT2D eigenvalue weighted by molar-refractivity contribution is 5.87. The molecule has 2 N–H and O–H groups in total. The molecular formula is C16H20F3NO4. The van der Waals surface area contributed by atoms with Crippen LogP contribution >= 0.6 is 0 Å². The Hall–Kier alpha value is -2.09. The smallest absolute Gasteiger partial charge is 0.416 e. The SMILES string of the molecule is CCCC[C@@H](NC(=O)[C@H](O)c1ccc(C(F)(F)F)cc1)C(=O)OC. The first kappa shape index (κ1) is 20.0. The molecule has 0 radical (unpaired) electrons. The van der Waals surface area contributed by atoms with Gasteiger partial charge >= 0.3 is 12.1 Å². The summed E-state index contributed by atoms with van der Waals surface area (Å²) in [5.74, 6) is -1.52. The molecule has 0 aliphatic rings. The molecule has 1 rings (SSSR count). The van der Waals surface area contributed by atoms with Crippen LogP contribution < -0.4 is 5.32 Å². The van der Waals surface area contributed by atoms with Gasteiger partial charge in [0.25, 0.3) is 5.91 Å². The highest BCUT2D eigenvalue weighted by atomic mass is 19.4. The zero-order valence-corrected chi connectivity index (χ0v) is 13.4. The van der Waals surface area contributed by atoms with Crippen molar-refractivity contribution in [2.24, 2.45) is 0 Å². The summed E-state index contributed by atoms with van der Waals surface area (Å²) in [6.45, 7) is 1.91. The van der Waals surface area contributed by atoms with Crippen LogP contribution in [0.5, 0.6) is 0 Å². The highest BCUT2D eigenvalue weighted by Crippen LogP contribution is 2.30. The number of methoxy groups -OCH3 is 1. The number of hydrogen-bond donors (Lipinski definition) is 2. The first-order valence-electron chi connectivity index (χ1n) is 7.44. The second-order valence-electron chi connectivity index (χ2n) is 5.25. The average molecular weight is 347 g/mol. The number of nitrogens with one attached hydrogen (secondary N) is 1. The fourth-order valence-corrected chi connectivity index (χ4v) is 2.06. The molecule has 0 saturated carbocycles. The summed E-state index contributed by atoms with van der Waals surface area (Å²) in [5.41, 5.74) is -0.881. The first-order valence-corrected chi connectivity index (χ1v) is 7.44. The van der Waals surface area contributed by atoms with Crippen molar-refractivity contribution < 1.29 is 32.6 Å². The number of aliphatic hydroxyl groups excluding tert-OH is 1. The molecule has 0 unspecified atom stereocenters. The van der Waals surface area contributed by atoms with Gasteiger partial charge < -0.3 is 15.2 Å². The Balaban J connectivity index is 2.80. The molecule has 0 bridgehead atoms. The van der Waals surface area contributed by atoms with Gasteiger partial charge in [-0.15, -0.1) is 0 Å². The lowest BCUT2D eigenvalue weighted by atomic mass is 10.0. The normalized spacial score (nSPS) is 13.9. The number of esters is 1. The summed E-state index contributed by atoms with van der Waals surface area (Å²) in [4.78, 5) is 23.7. The Morgan fingerprint density at radius 3 is 2.29 bits per heavy atom. The summed E-state index contributed by atoms with van der Waals surface area (Å²) in [5, 5.41) is 12.3. The maximum absolute atomic E-state index is 12.5. The van der Waals surface area contributed by atoms with Crippen molar-refractivity contribution in [3.05, 3.63) is 35.4 Å². The number of alkyl halides is 3. The molecule has 1 aromatic carbocycles. The van der Waals surface area contributed by atoms with Gasteiger partial charge in [-0.05, 0) is 24.1 Å². The second kappa shape index (κ2) is 8.68. The predicted octanol–water partition coefficient (Wildman–Crippen LogP) is 2.59. The lowest BCUT2D eigenvalue weighted by molar-refractivity contribution is -0.146. The number of benzene rings is 1. The monoisotopic (exact) mass is 347 g/mol. The molecule has 2 atom stereocenters. The van der Waals surface area contributed by atoms with E-state index in [0.717, 1.165) is 30.7 Å². The number of halogens is 3. The van der Waals surface area contributed by atoms with Crippen LogP contribution in [0.1, 0.15) is 43.4 Å². The zero-order chi connectivity index (χ0) is 18.3. The van der Waals surface area contributed by atoms with Gasteiger partial charge in [0.2, 0.25) is 0 Å². The molecule has 0 aliphatic heterocycles. The number of hydrogen-bond acceptors (Lipinski definition) is 4. The van der Waals surface area contributed by atoms with Crippen LogP contribution in [-0.2, 0) is 20.5 Å². The van der Waals surface area contributed by atoms with E-state index in [1.54, 1.807) is 0 Å². The van der Waals surface area contributed by atoms with Gasteiger partial charge in [-0.25, -0.2) is 4.79 Å². The van der Waals surface area contributed by atoms with Gasteiger partial charge in [-0.2, -0.15) is 13.2 Å². The fourth-order valence-electron chi connectivity index (χ4n) is 2.06. The third kappa shape index (κ3) is 5.52. The van der Waals surface area contributed by atoms with Crippen LogP contribution in [0.15, 0.2) is 24.3 Å². The Morgan fingerprint density at radius 1 is 1.25 bits per heavy atom. The van der Waals surface area contributed by atoms with Gasteiger partial charge in [0, 0.05) is 0 Å². The van der Waals surface area contributed by atoms with E-state index in [1.165, 1.54) is 7.11 Å². The number of carbonyl (C=O) groups excluding carboxylic acids is 2. The molecule has 0 heterocycles. The van der Waals surface area contributed by atoms with Gasteiger partial charge in [0.1, 0.15) is 6.04 Å². The first-order chi connectivity index (χ1) is 11.2. The largest absolute Gasteiger partial charge is 0.467 e. The average Bonchev–Trinajstić information content (AvgIpc) is 2.56. The molecular weight excluding hydrogens is 327 g/mol. The van der Waals surface area contributed by atoms with E-state index < -0.39 is 35.8 Å². The fraction of sp³-hybridized carbons (Fsp3) is 0.500. The van der Waals surface area contributed by atoms with Gasteiger partial charge in [0.05, 0.1) is 12.7 Å².